The van der Waals surface area contributed by atoms with Gasteiger partial charge in [-0.2, -0.15) is 0 Å². The molecule has 5 heteroatoms. The van der Waals surface area contributed by atoms with Gasteiger partial charge in [0.25, 0.3) is 0 Å². The molecule has 0 aliphatic carbocycles. The maximum Gasteiger partial charge on any atom is 0.142 e. The number of ether oxygens (including phenoxy) is 1. The molecule has 0 saturated carbocycles. The van der Waals surface area contributed by atoms with E-state index in [1.54, 1.807) is 13.2 Å². The van der Waals surface area contributed by atoms with Crippen molar-refractivity contribution < 1.29 is 4.74 Å². The Labute approximate surface area is 135 Å². The van der Waals surface area contributed by atoms with Crippen molar-refractivity contribution in [3.05, 3.63) is 58.1 Å². The van der Waals surface area contributed by atoms with E-state index in [-0.39, 0.29) is 6.04 Å². The second kappa shape index (κ2) is 7.03. The lowest BCUT2D eigenvalue weighted by molar-refractivity contribution is 0.413. The molecule has 0 aliphatic heterocycles. The van der Waals surface area contributed by atoms with Gasteiger partial charge in [0.1, 0.15) is 5.75 Å². The molecule has 0 heterocycles. The second-order valence-electron chi connectivity index (χ2n) is 4.70. The van der Waals surface area contributed by atoms with Gasteiger partial charge in [-0.3, -0.25) is 0 Å². The van der Waals surface area contributed by atoms with Crippen LogP contribution < -0.4 is 15.4 Å². The smallest absolute Gasteiger partial charge is 0.142 e. The molecule has 0 aromatic heterocycles. The Kier molecular flexibility index (Phi) is 5.34. The number of hydrogen-bond donors (Lipinski definition) is 1. The van der Waals surface area contributed by atoms with Gasteiger partial charge in [0.15, 0.2) is 0 Å². The van der Waals surface area contributed by atoms with Crippen LogP contribution in [0.15, 0.2) is 42.5 Å². The molecule has 0 radical (unpaired) electrons. The van der Waals surface area contributed by atoms with Crippen LogP contribution in [0.1, 0.15) is 11.6 Å². The van der Waals surface area contributed by atoms with Crippen LogP contribution in [-0.2, 0) is 0 Å². The van der Waals surface area contributed by atoms with E-state index in [1.807, 2.05) is 43.4 Å². The standard InChI is InChI=1S/C16H18Cl2N2O/c1-20(14-5-3-4-6-16(14)21-2)15(10-19)12-8-7-11(17)9-13(12)18/h3-9,15H,10,19H2,1-2H3. The maximum atomic E-state index is 6.31. The predicted octanol–water partition coefficient (Wildman–Crippen LogP) is 4.14. The zero-order valence-electron chi connectivity index (χ0n) is 12.0. The first-order valence-electron chi connectivity index (χ1n) is 6.59. The number of likely N-dealkylation sites (N-methyl/N-ethyl adjacent to an activating group) is 1. The number of para-hydroxylation sites is 2. The highest BCUT2D eigenvalue weighted by atomic mass is 35.5. The average Bonchev–Trinajstić information content (AvgIpc) is 2.49. The van der Waals surface area contributed by atoms with E-state index >= 15 is 0 Å². The normalized spacial score (nSPS) is 12.0. The topological polar surface area (TPSA) is 38.5 Å². The van der Waals surface area contributed by atoms with E-state index < -0.39 is 0 Å². The Morgan fingerprint density at radius 1 is 1.19 bits per heavy atom. The molecular weight excluding hydrogens is 307 g/mol. The van der Waals surface area contributed by atoms with E-state index in [1.165, 1.54) is 0 Å². The van der Waals surface area contributed by atoms with Gasteiger partial charge in [0, 0.05) is 23.6 Å². The van der Waals surface area contributed by atoms with Gasteiger partial charge >= 0.3 is 0 Å². The number of hydrogen-bond acceptors (Lipinski definition) is 3. The summed E-state index contributed by atoms with van der Waals surface area (Å²) in [5.74, 6) is 0.795. The molecule has 2 aromatic carbocycles. The first-order chi connectivity index (χ1) is 10.1. The van der Waals surface area contributed by atoms with Gasteiger partial charge in [-0.1, -0.05) is 41.4 Å². The molecule has 0 saturated heterocycles. The Morgan fingerprint density at radius 2 is 1.90 bits per heavy atom. The molecule has 112 valence electrons. The van der Waals surface area contributed by atoms with Crippen molar-refractivity contribution in [3.63, 3.8) is 0 Å². The molecule has 0 amide bonds. The minimum atomic E-state index is -0.0638. The van der Waals surface area contributed by atoms with E-state index in [0.29, 0.717) is 16.6 Å². The third-order valence-corrected chi connectivity index (χ3v) is 4.04. The molecule has 21 heavy (non-hydrogen) atoms. The van der Waals surface area contributed by atoms with Crippen LogP contribution in [0, 0.1) is 0 Å². The summed E-state index contributed by atoms with van der Waals surface area (Å²) >= 11 is 12.3. The first kappa shape index (κ1) is 16.0. The molecule has 1 atom stereocenters. The fourth-order valence-electron chi connectivity index (χ4n) is 2.35. The summed E-state index contributed by atoms with van der Waals surface area (Å²) < 4.78 is 5.41. The van der Waals surface area contributed by atoms with Crippen LogP contribution in [0.25, 0.3) is 0 Å². The molecule has 0 aliphatic rings. The third kappa shape index (κ3) is 3.43. The zero-order valence-corrected chi connectivity index (χ0v) is 13.5. The van der Waals surface area contributed by atoms with Crippen LogP contribution in [0.5, 0.6) is 5.75 Å². The summed E-state index contributed by atoms with van der Waals surface area (Å²) in [6.45, 7) is 0.426. The number of rotatable bonds is 5. The van der Waals surface area contributed by atoms with E-state index in [4.69, 9.17) is 33.7 Å². The van der Waals surface area contributed by atoms with Crippen molar-refractivity contribution in [1.29, 1.82) is 0 Å². The van der Waals surface area contributed by atoms with Gasteiger partial charge in [-0.15, -0.1) is 0 Å². The molecule has 2 aromatic rings. The van der Waals surface area contributed by atoms with E-state index in [0.717, 1.165) is 17.0 Å². The fraction of sp³-hybridized carbons (Fsp3) is 0.250. The highest BCUT2D eigenvalue weighted by Crippen LogP contribution is 2.35. The van der Waals surface area contributed by atoms with Gasteiger partial charge in [-0.05, 0) is 29.8 Å². The van der Waals surface area contributed by atoms with Crippen LogP contribution in [0.4, 0.5) is 5.69 Å². The number of nitrogens with zero attached hydrogens (tertiary/aromatic N) is 1. The van der Waals surface area contributed by atoms with E-state index in [9.17, 15) is 0 Å². The monoisotopic (exact) mass is 324 g/mol. The second-order valence-corrected chi connectivity index (χ2v) is 5.54. The van der Waals surface area contributed by atoms with Crippen molar-refractivity contribution in [2.75, 3.05) is 25.6 Å². The molecule has 2 rings (SSSR count). The van der Waals surface area contributed by atoms with Crippen LogP contribution in [0.2, 0.25) is 10.0 Å². The summed E-state index contributed by atoms with van der Waals surface area (Å²) in [5, 5.41) is 1.22. The highest BCUT2D eigenvalue weighted by Gasteiger charge is 2.21. The summed E-state index contributed by atoms with van der Waals surface area (Å²) in [6.07, 6.45) is 0. The number of methoxy groups -OCH3 is 1. The molecule has 0 fully saturated rings. The number of nitrogens with two attached hydrogens (primary N) is 1. The lowest BCUT2D eigenvalue weighted by Crippen LogP contribution is -2.31. The van der Waals surface area contributed by atoms with E-state index in [2.05, 4.69) is 4.90 Å². The average molecular weight is 325 g/mol. The van der Waals surface area contributed by atoms with Crippen molar-refractivity contribution in [3.8, 4) is 5.75 Å². The van der Waals surface area contributed by atoms with Gasteiger partial charge in [0.2, 0.25) is 0 Å². The summed E-state index contributed by atoms with van der Waals surface area (Å²) in [7, 11) is 3.62. The van der Waals surface area contributed by atoms with Crippen LogP contribution >= 0.6 is 23.2 Å². The molecule has 0 spiro atoms. The minimum Gasteiger partial charge on any atom is -0.495 e. The third-order valence-electron chi connectivity index (χ3n) is 3.48. The predicted molar refractivity (Wildman–Crippen MR) is 89.7 cm³/mol. The van der Waals surface area contributed by atoms with Crippen molar-refractivity contribution >= 4 is 28.9 Å². The van der Waals surface area contributed by atoms with Crippen LogP contribution in [-0.4, -0.2) is 20.7 Å². The number of halogens is 2. The summed E-state index contributed by atoms with van der Waals surface area (Å²) in [4.78, 5) is 2.06. The van der Waals surface area contributed by atoms with Crippen molar-refractivity contribution in [2.45, 2.75) is 6.04 Å². The van der Waals surface area contributed by atoms with Crippen LogP contribution in [0.3, 0.4) is 0 Å². The minimum absolute atomic E-state index is 0.0638. The summed E-state index contributed by atoms with van der Waals surface area (Å²) in [5.41, 5.74) is 7.87. The molecular formula is C16H18Cl2N2O. The van der Waals surface area contributed by atoms with Crippen molar-refractivity contribution in [2.24, 2.45) is 5.73 Å². The van der Waals surface area contributed by atoms with Gasteiger partial charge < -0.3 is 15.4 Å². The fourth-order valence-corrected chi connectivity index (χ4v) is 2.89. The summed E-state index contributed by atoms with van der Waals surface area (Å²) in [6, 6.07) is 13.2. The maximum absolute atomic E-state index is 6.31. The SMILES string of the molecule is COc1ccccc1N(C)C(CN)c1ccc(Cl)cc1Cl. The van der Waals surface area contributed by atoms with Gasteiger partial charge in [0.05, 0.1) is 18.8 Å². The molecule has 0 bridgehead atoms. The quantitative estimate of drug-likeness (QED) is 0.898. The number of benzene rings is 2. The Hall–Kier alpha value is -1.42. The highest BCUT2D eigenvalue weighted by molar-refractivity contribution is 6.35. The largest absolute Gasteiger partial charge is 0.495 e. The number of anilines is 1. The molecule has 1 unspecified atom stereocenters. The van der Waals surface area contributed by atoms with Gasteiger partial charge in [-0.25, -0.2) is 0 Å². The lowest BCUT2D eigenvalue weighted by atomic mass is 10.0. The zero-order chi connectivity index (χ0) is 15.4. The molecule has 2 N–H and O–H groups in total. The molecule has 3 nitrogen and oxygen atoms in total. The first-order valence-corrected chi connectivity index (χ1v) is 7.35. The Balaban J connectivity index is 2.40. The van der Waals surface area contributed by atoms with Crippen molar-refractivity contribution in [1.82, 2.24) is 0 Å². The Morgan fingerprint density at radius 3 is 2.52 bits per heavy atom. The lowest BCUT2D eigenvalue weighted by Gasteiger charge is -2.31. The Bertz CT molecular complexity index is 619.